The van der Waals surface area contributed by atoms with Crippen molar-refractivity contribution in [3.63, 3.8) is 0 Å². The van der Waals surface area contributed by atoms with E-state index in [0.29, 0.717) is 0 Å². The summed E-state index contributed by atoms with van der Waals surface area (Å²) >= 11 is 0. The van der Waals surface area contributed by atoms with Crippen LogP contribution in [-0.2, 0) is 0 Å². The van der Waals surface area contributed by atoms with Crippen molar-refractivity contribution in [3.05, 3.63) is 36.6 Å². The third-order valence-corrected chi connectivity index (χ3v) is 1.13. The summed E-state index contributed by atoms with van der Waals surface area (Å²) in [5, 5.41) is 3.09. The van der Waals surface area contributed by atoms with Gasteiger partial charge in [0.25, 0.3) is 0 Å². The molecule has 0 radical (unpaired) electrons. The Morgan fingerprint density at radius 2 is 2.20 bits per heavy atom. The molecule has 0 aromatic carbocycles. The summed E-state index contributed by atoms with van der Waals surface area (Å²) in [6, 6.07) is 0. The van der Waals surface area contributed by atoms with Crippen molar-refractivity contribution < 1.29 is 0 Å². The molecule has 0 rings (SSSR count). The van der Waals surface area contributed by atoms with E-state index in [2.05, 4.69) is 18.5 Å². The van der Waals surface area contributed by atoms with E-state index in [1.165, 1.54) is 0 Å². The highest BCUT2D eigenvalue weighted by molar-refractivity contribution is 5.24. The highest BCUT2D eigenvalue weighted by atomic mass is 14.9. The van der Waals surface area contributed by atoms with Gasteiger partial charge in [0.1, 0.15) is 0 Å². The zero-order valence-electron chi connectivity index (χ0n) is 6.78. The third-order valence-electron chi connectivity index (χ3n) is 1.13. The van der Waals surface area contributed by atoms with Crippen LogP contribution in [0.2, 0.25) is 0 Å². The lowest BCUT2D eigenvalue weighted by atomic mass is 10.2. The third kappa shape index (κ3) is 3.96. The molecule has 56 valence electrons. The highest BCUT2D eigenvalue weighted by Gasteiger charge is 1.83. The lowest BCUT2D eigenvalue weighted by molar-refractivity contribution is 0.881. The van der Waals surface area contributed by atoms with Crippen LogP contribution in [0.15, 0.2) is 36.6 Å². The molecule has 0 saturated heterocycles. The molecule has 0 aromatic heterocycles. The Morgan fingerprint density at radius 1 is 1.60 bits per heavy atom. The zero-order valence-corrected chi connectivity index (χ0v) is 6.78. The van der Waals surface area contributed by atoms with Gasteiger partial charge in [0, 0.05) is 12.2 Å². The van der Waals surface area contributed by atoms with Crippen molar-refractivity contribution in [3.8, 4) is 0 Å². The Balaban J connectivity index is 3.86. The molecule has 0 aliphatic rings. The topological polar surface area (TPSA) is 12.0 Å². The molecule has 0 aromatic rings. The molecule has 0 aliphatic carbocycles. The first-order valence-electron chi connectivity index (χ1n) is 3.44. The van der Waals surface area contributed by atoms with Crippen molar-refractivity contribution in [2.75, 3.05) is 6.54 Å². The van der Waals surface area contributed by atoms with Gasteiger partial charge in [-0.2, -0.15) is 0 Å². The summed E-state index contributed by atoms with van der Waals surface area (Å²) in [6.45, 7) is 12.4. The number of nitrogens with one attached hydrogen (secondary N) is 1. The van der Waals surface area contributed by atoms with E-state index in [4.69, 9.17) is 0 Å². The monoisotopic (exact) mass is 137 g/mol. The average Bonchev–Trinajstić information content (AvgIpc) is 1.88. The van der Waals surface area contributed by atoms with Crippen molar-refractivity contribution in [1.29, 1.82) is 0 Å². The number of allylic oxidation sites excluding steroid dienone is 3. The van der Waals surface area contributed by atoms with Crippen LogP contribution in [0.4, 0.5) is 0 Å². The molecule has 1 N–H and O–H groups in total. The Bertz CT molecular complexity index is 154. The summed E-state index contributed by atoms with van der Waals surface area (Å²) in [6.07, 6.45) is 3.78. The molecule has 0 unspecified atom stereocenters. The minimum absolute atomic E-state index is 0.916. The van der Waals surface area contributed by atoms with Gasteiger partial charge in [-0.1, -0.05) is 19.2 Å². The second-order valence-corrected chi connectivity index (χ2v) is 2.15. The predicted octanol–water partition coefficient (Wildman–Crippen LogP) is 2.24. The second kappa shape index (κ2) is 4.86. The second-order valence-electron chi connectivity index (χ2n) is 2.15. The van der Waals surface area contributed by atoms with Gasteiger partial charge >= 0.3 is 0 Å². The Morgan fingerprint density at radius 3 is 2.60 bits per heavy atom. The van der Waals surface area contributed by atoms with Gasteiger partial charge in [-0.15, -0.1) is 0 Å². The van der Waals surface area contributed by atoms with Crippen molar-refractivity contribution >= 4 is 0 Å². The van der Waals surface area contributed by atoms with E-state index in [-0.39, 0.29) is 0 Å². The fourth-order valence-electron chi connectivity index (χ4n) is 0.612. The Hall–Kier alpha value is -0.980. The average molecular weight is 137 g/mol. The van der Waals surface area contributed by atoms with Gasteiger partial charge in [-0.25, -0.2) is 0 Å². The molecule has 0 saturated carbocycles. The van der Waals surface area contributed by atoms with E-state index in [9.17, 15) is 0 Å². The van der Waals surface area contributed by atoms with Crippen LogP contribution in [0, 0.1) is 0 Å². The van der Waals surface area contributed by atoms with E-state index in [0.717, 1.165) is 17.8 Å². The largest absolute Gasteiger partial charge is 0.386 e. The number of hydrogen-bond donors (Lipinski definition) is 1. The summed E-state index contributed by atoms with van der Waals surface area (Å²) in [5.41, 5.74) is 2.07. The van der Waals surface area contributed by atoms with Crippen LogP contribution in [0.1, 0.15) is 13.8 Å². The summed E-state index contributed by atoms with van der Waals surface area (Å²) in [5.74, 6) is 0. The minimum atomic E-state index is 0.916. The quantitative estimate of drug-likeness (QED) is 0.586. The summed E-state index contributed by atoms with van der Waals surface area (Å²) in [7, 11) is 0. The first-order valence-corrected chi connectivity index (χ1v) is 3.44. The first kappa shape index (κ1) is 9.02. The molecule has 1 nitrogen and oxygen atoms in total. The molecule has 0 atom stereocenters. The predicted molar refractivity (Wildman–Crippen MR) is 46.8 cm³/mol. The van der Waals surface area contributed by atoms with E-state index in [1.807, 2.05) is 26.0 Å². The van der Waals surface area contributed by atoms with Crippen LogP contribution in [0.5, 0.6) is 0 Å². The zero-order chi connectivity index (χ0) is 7.98. The normalized spacial score (nSPS) is 10.8. The number of rotatable bonds is 4. The highest BCUT2D eigenvalue weighted by Crippen LogP contribution is 1.96. The van der Waals surface area contributed by atoms with Gasteiger partial charge in [0.05, 0.1) is 0 Å². The molecular weight excluding hydrogens is 122 g/mol. The molecule has 0 fully saturated rings. The molecule has 0 amide bonds. The van der Waals surface area contributed by atoms with Gasteiger partial charge in [-0.3, -0.25) is 0 Å². The summed E-state index contributed by atoms with van der Waals surface area (Å²) < 4.78 is 0. The Labute approximate surface area is 63.1 Å². The summed E-state index contributed by atoms with van der Waals surface area (Å²) in [4.78, 5) is 0. The Kier molecular flexibility index (Phi) is 4.38. The maximum Gasteiger partial charge on any atom is 0.0269 e. The first-order chi connectivity index (χ1) is 4.70. The van der Waals surface area contributed by atoms with Crippen LogP contribution in [0.25, 0.3) is 0 Å². The molecule has 0 bridgehead atoms. The fraction of sp³-hybridized carbons (Fsp3) is 0.333. The molecule has 0 heterocycles. The molecular formula is C9H15N. The number of hydrogen-bond acceptors (Lipinski definition) is 1. The minimum Gasteiger partial charge on any atom is -0.386 e. The van der Waals surface area contributed by atoms with Crippen molar-refractivity contribution in [2.24, 2.45) is 0 Å². The van der Waals surface area contributed by atoms with Crippen molar-refractivity contribution in [1.82, 2.24) is 5.32 Å². The van der Waals surface area contributed by atoms with Gasteiger partial charge < -0.3 is 5.32 Å². The van der Waals surface area contributed by atoms with Crippen LogP contribution < -0.4 is 5.32 Å². The SMILES string of the molecule is C=C/C(C)=C\C(=C)NCC. The van der Waals surface area contributed by atoms with E-state index >= 15 is 0 Å². The molecule has 1 heteroatoms. The lowest BCUT2D eigenvalue weighted by Crippen LogP contribution is -2.08. The maximum atomic E-state index is 3.80. The molecule has 0 spiro atoms. The van der Waals surface area contributed by atoms with Gasteiger partial charge in [-0.05, 0) is 25.5 Å². The van der Waals surface area contributed by atoms with Crippen LogP contribution in [-0.4, -0.2) is 6.54 Å². The standard InChI is InChI=1S/C9H15N/c1-5-8(3)7-9(4)10-6-2/h5,7,10H,1,4,6H2,2-3H3/b8-7-. The van der Waals surface area contributed by atoms with Gasteiger partial charge in [0.15, 0.2) is 0 Å². The smallest absolute Gasteiger partial charge is 0.0269 e. The van der Waals surface area contributed by atoms with E-state index in [1.54, 1.807) is 0 Å². The van der Waals surface area contributed by atoms with Crippen LogP contribution >= 0.6 is 0 Å². The van der Waals surface area contributed by atoms with Crippen molar-refractivity contribution in [2.45, 2.75) is 13.8 Å². The van der Waals surface area contributed by atoms with Crippen LogP contribution in [0.3, 0.4) is 0 Å². The fourth-order valence-corrected chi connectivity index (χ4v) is 0.612. The maximum absolute atomic E-state index is 3.80. The molecule has 0 aliphatic heterocycles. The molecule has 10 heavy (non-hydrogen) atoms. The lowest BCUT2D eigenvalue weighted by Gasteiger charge is -2.00. The number of likely N-dealkylation sites (N-methyl/N-ethyl adjacent to an activating group) is 1. The van der Waals surface area contributed by atoms with Gasteiger partial charge in [0.2, 0.25) is 0 Å². The van der Waals surface area contributed by atoms with E-state index < -0.39 is 0 Å².